The minimum absolute atomic E-state index is 0.0643. The number of benzene rings is 3. The van der Waals surface area contributed by atoms with E-state index < -0.39 is 15.9 Å². The molecule has 5 nitrogen and oxygen atoms in total. The first-order valence-electron chi connectivity index (χ1n) is 9.57. The Morgan fingerprint density at radius 1 is 0.968 bits per heavy atom. The van der Waals surface area contributed by atoms with E-state index in [1.165, 1.54) is 12.1 Å². The average molecular weight is 477 g/mol. The van der Waals surface area contributed by atoms with E-state index in [2.05, 4.69) is 5.32 Å². The van der Waals surface area contributed by atoms with Gasteiger partial charge in [-0.3, -0.25) is 4.79 Å². The van der Waals surface area contributed by atoms with E-state index >= 15 is 0 Å². The molecular weight excluding hydrogens is 455 g/mol. The van der Waals surface area contributed by atoms with Crippen LogP contribution in [0.15, 0.2) is 77.7 Å². The molecule has 0 aromatic heterocycles. The number of carbonyl (C=O) groups is 1. The van der Waals surface area contributed by atoms with Crippen molar-refractivity contribution < 1.29 is 13.2 Å². The van der Waals surface area contributed by atoms with Crippen LogP contribution in [0.5, 0.6) is 0 Å². The van der Waals surface area contributed by atoms with E-state index in [1.54, 1.807) is 36.4 Å². The van der Waals surface area contributed by atoms with E-state index in [1.807, 2.05) is 31.2 Å². The molecule has 162 valence electrons. The maximum Gasteiger partial charge on any atom is 0.243 e. The average Bonchev–Trinajstić information content (AvgIpc) is 2.75. The van der Waals surface area contributed by atoms with Crippen LogP contribution in [0.2, 0.25) is 10.0 Å². The number of amides is 1. The molecule has 3 aromatic rings. The smallest absolute Gasteiger partial charge is 0.243 e. The van der Waals surface area contributed by atoms with Gasteiger partial charge in [-0.15, -0.1) is 0 Å². The first kappa shape index (κ1) is 23.3. The van der Waals surface area contributed by atoms with E-state index in [0.717, 1.165) is 15.4 Å². The van der Waals surface area contributed by atoms with Gasteiger partial charge in [-0.1, -0.05) is 77.3 Å². The number of carbonyl (C=O) groups excluding carboxylic acids is 1. The Labute approximate surface area is 192 Å². The van der Waals surface area contributed by atoms with Gasteiger partial charge in [0.25, 0.3) is 0 Å². The van der Waals surface area contributed by atoms with Crippen LogP contribution >= 0.6 is 23.2 Å². The Balaban J connectivity index is 1.81. The number of hydrogen-bond acceptors (Lipinski definition) is 3. The largest absolute Gasteiger partial charge is 0.351 e. The summed E-state index contributed by atoms with van der Waals surface area (Å²) < 4.78 is 27.6. The minimum Gasteiger partial charge on any atom is -0.351 e. The lowest BCUT2D eigenvalue weighted by Gasteiger charge is -2.22. The quantitative estimate of drug-likeness (QED) is 0.507. The maximum atomic E-state index is 13.2. The second kappa shape index (κ2) is 10.3. The topological polar surface area (TPSA) is 66.5 Å². The van der Waals surface area contributed by atoms with Crippen molar-refractivity contribution in [1.82, 2.24) is 9.62 Å². The molecule has 31 heavy (non-hydrogen) atoms. The molecule has 1 N–H and O–H groups in total. The molecule has 0 aliphatic carbocycles. The third-order valence-electron chi connectivity index (χ3n) is 4.67. The lowest BCUT2D eigenvalue weighted by molar-refractivity contribution is -0.121. The number of nitrogens with one attached hydrogen (secondary N) is 1. The van der Waals surface area contributed by atoms with E-state index in [0.29, 0.717) is 22.2 Å². The number of aryl methyl sites for hydroxylation is 1. The zero-order chi connectivity index (χ0) is 22.4. The molecular formula is C23H22Cl2N2O3S. The zero-order valence-corrected chi connectivity index (χ0v) is 19.2. The standard InChI is InChI=1S/C23H22Cl2N2O3S/c1-17-7-9-18(10-8-17)14-26-23(28)16-27(15-19-11-12-20(24)13-22(19)25)31(29,30)21-5-3-2-4-6-21/h2-13H,14-16H2,1H3,(H,26,28). The summed E-state index contributed by atoms with van der Waals surface area (Å²) in [5.41, 5.74) is 2.60. The number of sulfonamides is 1. The highest BCUT2D eigenvalue weighted by molar-refractivity contribution is 7.89. The molecule has 0 heterocycles. The maximum absolute atomic E-state index is 13.2. The van der Waals surface area contributed by atoms with Gasteiger partial charge in [-0.25, -0.2) is 8.42 Å². The van der Waals surface area contributed by atoms with Gasteiger partial charge in [-0.2, -0.15) is 4.31 Å². The van der Waals surface area contributed by atoms with Gasteiger partial charge in [0.1, 0.15) is 0 Å². The second-order valence-electron chi connectivity index (χ2n) is 7.08. The van der Waals surface area contributed by atoms with Crippen molar-refractivity contribution in [2.24, 2.45) is 0 Å². The van der Waals surface area contributed by atoms with Crippen molar-refractivity contribution in [3.63, 3.8) is 0 Å². The van der Waals surface area contributed by atoms with Crippen LogP contribution in [0.4, 0.5) is 0 Å². The normalized spacial score (nSPS) is 11.5. The fourth-order valence-corrected chi connectivity index (χ4v) is 4.79. The molecule has 0 radical (unpaired) electrons. The van der Waals surface area contributed by atoms with Gasteiger partial charge in [-0.05, 0) is 42.3 Å². The van der Waals surface area contributed by atoms with Crippen molar-refractivity contribution in [3.05, 3.63) is 99.5 Å². The Hall–Kier alpha value is -2.38. The van der Waals surface area contributed by atoms with Crippen molar-refractivity contribution in [3.8, 4) is 0 Å². The summed E-state index contributed by atoms with van der Waals surface area (Å²) in [7, 11) is -3.93. The van der Waals surface area contributed by atoms with Gasteiger partial charge in [0.05, 0.1) is 11.4 Å². The predicted octanol–water partition coefficient (Wildman–Crippen LogP) is 4.81. The highest BCUT2D eigenvalue weighted by atomic mass is 35.5. The summed E-state index contributed by atoms with van der Waals surface area (Å²) in [4.78, 5) is 12.7. The molecule has 0 saturated carbocycles. The number of halogens is 2. The van der Waals surface area contributed by atoms with Crippen LogP contribution in [-0.2, 0) is 27.9 Å². The molecule has 0 bridgehead atoms. The van der Waals surface area contributed by atoms with Crippen molar-refractivity contribution >= 4 is 39.1 Å². The summed E-state index contributed by atoms with van der Waals surface area (Å²) in [5.74, 6) is -0.412. The molecule has 1 amide bonds. The third-order valence-corrected chi connectivity index (χ3v) is 7.07. The predicted molar refractivity (Wildman–Crippen MR) is 124 cm³/mol. The minimum atomic E-state index is -3.93. The molecule has 0 saturated heterocycles. The fourth-order valence-electron chi connectivity index (χ4n) is 2.93. The van der Waals surface area contributed by atoms with Gasteiger partial charge in [0, 0.05) is 23.1 Å². The van der Waals surface area contributed by atoms with Crippen LogP contribution in [-0.4, -0.2) is 25.2 Å². The summed E-state index contributed by atoms with van der Waals surface area (Å²) in [6.45, 7) is 1.88. The van der Waals surface area contributed by atoms with Gasteiger partial charge < -0.3 is 5.32 Å². The first-order valence-corrected chi connectivity index (χ1v) is 11.8. The van der Waals surface area contributed by atoms with Gasteiger partial charge in [0.15, 0.2) is 0 Å². The van der Waals surface area contributed by atoms with E-state index in [9.17, 15) is 13.2 Å². The SMILES string of the molecule is Cc1ccc(CNC(=O)CN(Cc2ccc(Cl)cc2Cl)S(=O)(=O)c2ccccc2)cc1. The van der Waals surface area contributed by atoms with Crippen molar-refractivity contribution in [1.29, 1.82) is 0 Å². The molecule has 8 heteroatoms. The van der Waals surface area contributed by atoms with Gasteiger partial charge in [0.2, 0.25) is 15.9 Å². The lowest BCUT2D eigenvalue weighted by Crippen LogP contribution is -2.40. The molecule has 0 fully saturated rings. The second-order valence-corrected chi connectivity index (χ2v) is 9.87. The Bertz CT molecular complexity index is 1150. The van der Waals surface area contributed by atoms with Crippen LogP contribution in [0, 0.1) is 6.92 Å². The Morgan fingerprint density at radius 2 is 1.65 bits per heavy atom. The molecule has 3 aromatic carbocycles. The number of rotatable bonds is 8. The Morgan fingerprint density at radius 3 is 2.29 bits per heavy atom. The number of nitrogens with zero attached hydrogens (tertiary/aromatic N) is 1. The summed E-state index contributed by atoms with van der Waals surface area (Å²) in [6, 6.07) is 20.6. The van der Waals surface area contributed by atoms with Crippen molar-refractivity contribution in [2.45, 2.75) is 24.9 Å². The van der Waals surface area contributed by atoms with Crippen LogP contribution in [0.25, 0.3) is 0 Å². The highest BCUT2D eigenvalue weighted by Gasteiger charge is 2.27. The summed E-state index contributed by atoms with van der Waals surface area (Å²) >= 11 is 12.2. The monoisotopic (exact) mass is 476 g/mol. The molecule has 0 atom stereocenters. The van der Waals surface area contributed by atoms with Crippen LogP contribution in [0.3, 0.4) is 0 Å². The lowest BCUT2D eigenvalue weighted by atomic mass is 10.1. The highest BCUT2D eigenvalue weighted by Crippen LogP contribution is 2.25. The first-order chi connectivity index (χ1) is 14.8. The van der Waals surface area contributed by atoms with E-state index in [-0.39, 0.29) is 18.0 Å². The summed E-state index contributed by atoms with van der Waals surface area (Å²) in [6.07, 6.45) is 0. The van der Waals surface area contributed by atoms with Crippen LogP contribution in [0.1, 0.15) is 16.7 Å². The summed E-state index contributed by atoms with van der Waals surface area (Å²) in [5, 5.41) is 3.56. The van der Waals surface area contributed by atoms with Crippen molar-refractivity contribution in [2.75, 3.05) is 6.54 Å². The molecule has 3 rings (SSSR count). The number of hydrogen-bond donors (Lipinski definition) is 1. The van der Waals surface area contributed by atoms with E-state index in [4.69, 9.17) is 23.2 Å². The zero-order valence-electron chi connectivity index (χ0n) is 16.9. The fraction of sp³-hybridized carbons (Fsp3) is 0.174. The molecule has 0 spiro atoms. The van der Waals surface area contributed by atoms with Gasteiger partial charge >= 0.3 is 0 Å². The molecule has 0 aliphatic rings. The van der Waals surface area contributed by atoms with Crippen LogP contribution < -0.4 is 5.32 Å². The molecule has 0 unspecified atom stereocenters. The molecule has 0 aliphatic heterocycles. The third kappa shape index (κ3) is 6.31. The Kier molecular flexibility index (Phi) is 7.73.